The number of furan rings is 1. The third-order valence-electron chi connectivity index (χ3n) is 2.00. The summed E-state index contributed by atoms with van der Waals surface area (Å²) in [5.41, 5.74) is 5.70. The maximum Gasteiger partial charge on any atom is 0.256 e. The highest BCUT2D eigenvalue weighted by atomic mass is 35.5. The average molecular weight is 261 g/mol. The summed E-state index contributed by atoms with van der Waals surface area (Å²) < 4.78 is 4.82. The van der Waals surface area contributed by atoms with Crippen LogP contribution in [-0.2, 0) is 0 Å². The van der Waals surface area contributed by atoms with Crippen molar-refractivity contribution >= 4 is 34.7 Å². The molecule has 1 rings (SSSR count). The van der Waals surface area contributed by atoms with Crippen LogP contribution in [0.3, 0.4) is 0 Å². The fraction of sp³-hybridized carbons (Fsp3) is 0.400. The van der Waals surface area contributed by atoms with Crippen molar-refractivity contribution in [2.75, 3.05) is 6.54 Å². The number of nitrogens with two attached hydrogens (primary N) is 1. The molecule has 0 atom stereocenters. The van der Waals surface area contributed by atoms with Gasteiger partial charge in [-0.15, -0.1) is 0 Å². The van der Waals surface area contributed by atoms with Crippen LogP contribution in [0.5, 0.6) is 0 Å². The molecule has 1 aromatic heterocycles. The summed E-state index contributed by atoms with van der Waals surface area (Å²) in [6.45, 7) is 0.572. The van der Waals surface area contributed by atoms with Crippen LogP contribution in [0, 0.1) is 0 Å². The molecular formula is C10H13ClN2O2S. The van der Waals surface area contributed by atoms with Gasteiger partial charge in [0, 0.05) is 6.54 Å². The highest BCUT2D eigenvalue weighted by Gasteiger charge is 2.11. The Kier molecular flexibility index (Phi) is 5.28. The summed E-state index contributed by atoms with van der Waals surface area (Å²) in [6, 6.07) is 1.53. The van der Waals surface area contributed by atoms with Crippen molar-refractivity contribution < 1.29 is 9.21 Å². The van der Waals surface area contributed by atoms with Crippen LogP contribution < -0.4 is 11.1 Å². The highest BCUT2D eigenvalue weighted by molar-refractivity contribution is 7.80. The fourth-order valence-electron chi connectivity index (χ4n) is 1.18. The van der Waals surface area contributed by atoms with Gasteiger partial charge in [0.2, 0.25) is 5.22 Å². The van der Waals surface area contributed by atoms with Crippen LogP contribution in [0.2, 0.25) is 5.22 Å². The lowest BCUT2D eigenvalue weighted by Gasteiger charge is -2.03. The van der Waals surface area contributed by atoms with Crippen molar-refractivity contribution in [1.29, 1.82) is 0 Å². The smallest absolute Gasteiger partial charge is 0.256 e. The third kappa shape index (κ3) is 4.20. The number of hydrogen-bond donors (Lipinski definition) is 2. The minimum absolute atomic E-state index is 0.112. The molecule has 0 aliphatic rings. The molecule has 0 unspecified atom stereocenters. The minimum Gasteiger partial charge on any atom is -0.452 e. The number of carbonyl (C=O) groups excluding carboxylic acids is 1. The van der Waals surface area contributed by atoms with Crippen molar-refractivity contribution in [3.63, 3.8) is 0 Å². The molecule has 1 aromatic rings. The lowest BCUT2D eigenvalue weighted by Crippen LogP contribution is -2.24. The minimum atomic E-state index is -0.228. The molecule has 0 aromatic carbocycles. The Morgan fingerprint density at radius 3 is 2.88 bits per heavy atom. The Morgan fingerprint density at radius 2 is 2.31 bits per heavy atom. The summed E-state index contributed by atoms with van der Waals surface area (Å²) in [4.78, 5) is 12.0. The zero-order valence-corrected chi connectivity index (χ0v) is 10.2. The first-order valence-corrected chi connectivity index (χ1v) is 5.69. The van der Waals surface area contributed by atoms with Gasteiger partial charge in [-0.2, -0.15) is 0 Å². The van der Waals surface area contributed by atoms with Gasteiger partial charge in [0.25, 0.3) is 5.91 Å². The monoisotopic (exact) mass is 260 g/mol. The summed E-state index contributed by atoms with van der Waals surface area (Å²) in [5, 5.41) is 2.84. The molecule has 0 aliphatic carbocycles. The lowest BCUT2D eigenvalue weighted by molar-refractivity contribution is 0.0952. The predicted octanol–water partition coefficient (Wildman–Crippen LogP) is 2.12. The van der Waals surface area contributed by atoms with Crippen molar-refractivity contribution in [3.8, 4) is 0 Å². The number of carbonyl (C=O) groups is 1. The summed E-state index contributed by atoms with van der Waals surface area (Å²) in [5.74, 6) is -0.228. The topological polar surface area (TPSA) is 68.3 Å². The van der Waals surface area contributed by atoms with Gasteiger partial charge in [-0.05, 0) is 36.9 Å². The van der Waals surface area contributed by atoms with Crippen LogP contribution in [0.25, 0.3) is 0 Å². The first-order chi connectivity index (χ1) is 7.61. The van der Waals surface area contributed by atoms with Crippen molar-refractivity contribution in [2.24, 2.45) is 5.73 Å². The van der Waals surface area contributed by atoms with Crippen LogP contribution >= 0.6 is 23.8 Å². The van der Waals surface area contributed by atoms with Crippen molar-refractivity contribution in [1.82, 2.24) is 5.32 Å². The second kappa shape index (κ2) is 6.50. The van der Waals surface area contributed by atoms with Crippen LogP contribution in [0.1, 0.15) is 29.6 Å². The molecule has 0 bridgehead atoms. The van der Waals surface area contributed by atoms with Gasteiger partial charge in [-0.3, -0.25) is 4.79 Å². The zero-order chi connectivity index (χ0) is 12.0. The molecule has 3 N–H and O–H groups in total. The molecule has 0 saturated heterocycles. The van der Waals surface area contributed by atoms with Crippen molar-refractivity contribution in [3.05, 3.63) is 23.1 Å². The number of hydrogen-bond acceptors (Lipinski definition) is 3. The van der Waals surface area contributed by atoms with E-state index >= 15 is 0 Å². The van der Waals surface area contributed by atoms with Gasteiger partial charge in [0.05, 0.1) is 16.8 Å². The first kappa shape index (κ1) is 13.0. The fourth-order valence-corrected chi connectivity index (χ4v) is 1.52. The molecule has 1 amide bonds. The van der Waals surface area contributed by atoms with E-state index in [2.05, 4.69) is 5.32 Å². The lowest BCUT2D eigenvalue weighted by atomic mass is 10.2. The van der Waals surface area contributed by atoms with Gasteiger partial charge in [-0.1, -0.05) is 12.2 Å². The second-order valence-corrected chi connectivity index (χ2v) is 4.15. The molecule has 4 nitrogen and oxygen atoms in total. The summed E-state index contributed by atoms with van der Waals surface area (Å²) in [6.07, 6.45) is 3.79. The molecule has 6 heteroatoms. The Bertz CT molecular complexity index is 379. The van der Waals surface area contributed by atoms with E-state index in [4.69, 9.17) is 34.0 Å². The molecule has 0 spiro atoms. The quantitative estimate of drug-likeness (QED) is 0.607. The maximum atomic E-state index is 11.5. The number of halogens is 1. The molecule has 1 heterocycles. The van der Waals surface area contributed by atoms with Crippen molar-refractivity contribution in [2.45, 2.75) is 19.3 Å². The number of thiocarbonyl (C=S) groups is 1. The standard InChI is InChI=1S/C10H13ClN2O2S/c11-9-7(4-6-15-9)10(14)13-5-2-1-3-8(12)16/h4,6H,1-3,5H2,(H2,12,16)(H,13,14). The van der Waals surface area contributed by atoms with Gasteiger partial charge < -0.3 is 15.5 Å². The molecule has 88 valence electrons. The van der Waals surface area contributed by atoms with E-state index < -0.39 is 0 Å². The van der Waals surface area contributed by atoms with E-state index in [1.165, 1.54) is 12.3 Å². The average Bonchev–Trinajstić information content (AvgIpc) is 2.63. The van der Waals surface area contributed by atoms with Crippen LogP contribution in [-0.4, -0.2) is 17.4 Å². The zero-order valence-electron chi connectivity index (χ0n) is 8.66. The summed E-state index contributed by atoms with van der Waals surface area (Å²) >= 11 is 10.4. The Balaban J connectivity index is 2.21. The van der Waals surface area contributed by atoms with Crippen LogP contribution in [0.15, 0.2) is 16.7 Å². The predicted molar refractivity (Wildman–Crippen MR) is 66.7 cm³/mol. The van der Waals surface area contributed by atoms with E-state index in [-0.39, 0.29) is 11.1 Å². The normalized spacial score (nSPS) is 10.1. The molecular weight excluding hydrogens is 248 g/mol. The van der Waals surface area contributed by atoms with Gasteiger partial charge >= 0.3 is 0 Å². The third-order valence-corrected chi connectivity index (χ3v) is 2.49. The molecule has 0 saturated carbocycles. The summed E-state index contributed by atoms with van der Waals surface area (Å²) in [7, 11) is 0. The number of amides is 1. The van der Waals surface area contributed by atoms with Gasteiger partial charge in [0.1, 0.15) is 0 Å². The van der Waals surface area contributed by atoms with Crippen LogP contribution in [0.4, 0.5) is 0 Å². The maximum absolute atomic E-state index is 11.5. The Labute approximate surface area is 104 Å². The molecule has 0 fully saturated rings. The molecule has 0 aliphatic heterocycles. The van der Waals surface area contributed by atoms with Gasteiger partial charge in [0.15, 0.2) is 0 Å². The Hall–Kier alpha value is -1.07. The molecule has 16 heavy (non-hydrogen) atoms. The largest absolute Gasteiger partial charge is 0.452 e. The van der Waals surface area contributed by atoms with E-state index in [1.54, 1.807) is 0 Å². The number of rotatable bonds is 6. The molecule has 0 radical (unpaired) electrons. The van der Waals surface area contributed by atoms with E-state index in [0.29, 0.717) is 23.5 Å². The first-order valence-electron chi connectivity index (χ1n) is 4.90. The van der Waals surface area contributed by atoms with E-state index in [0.717, 1.165) is 12.8 Å². The second-order valence-electron chi connectivity index (χ2n) is 3.29. The van der Waals surface area contributed by atoms with E-state index in [1.807, 2.05) is 0 Å². The Morgan fingerprint density at radius 1 is 1.56 bits per heavy atom. The number of nitrogens with one attached hydrogen (secondary N) is 1. The highest BCUT2D eigenvalue weighted by Crippen LogP contribution is 2.15. The van der Waals surface area contributed by atoms with E-state index in [9.17, 15) is 4.79 Å². The SMILES string of the molecule is NC(=S)CCCCNC(=O)c1ccoc1Cl. The number of unbranched alkanes of at least 4 members (excludes halogenated alkanes) is 1. The van der Waals surface area contributed by atoms with Gasteiger partial charge in [-0.25, -0.2) is 0 Å².